The second-order valence-corrected chi connectivity index (χ2v) is 9.11. The molecule has 1 heterocycles. The minimum atomic E-state index is -0.393. The molecule has 1 saturated heterocycles. The van der Waals surface area contributed by atoms with E-state index in [1.165, 1.54) is 31.3 Å². The predicted octanol–water partition coefficient (Wildman–Crippen LogP) is 5.41. The fourth-order valence-electron chi connectivity index (χ4n) is 5.91. The van der Waals surface area contributed by atoms with Gasteiger partial charge in [-0.25, -0.2) is 4.79 Å². The molecule has 0 aromatic carbocycles. The highest BCUT2D eigenvalue weighted by atomic mass is 16.7. The van der Waals surface area contributed by atoms with Crippen molar-refractivity contribution in [3.05, 3.63) is 23.8 Å². The lowest BCUT2D eigenvalue weighted by Gasteiger charge is -2.58. The van der Waals surface area contributed by atoms with Crippen molar-refractivity contribution in [3.8, 4) is 0 Å². The predicted molar refractivity (Wildman–Crippen MR) is 99.9 cm³/mol. The quantitative estimate of drug-likeness (QED) is 0.388. The first-order valence-corrected chi connectivity index (χ1v) is 9.97. The van der Waals surface area contributed by atoms with Crippen LogP contribution in [0.25, 0.3) is 0 Å². The van der Waals surface area contributed by atoms with Crippen LogP contribution in [0, 0.1) is 22.7 Å². The highest BCUT2D eigenvalue weighted by Crippen LogP contribution is 2.61. The summed E-state index contributed by atoms with van der Waals surface area (Å²) < 4.78 is 10.7. The van der Waals surface area contributed by atoms with Gasteiger partial charge < -0.3 is 9.47 Å². The number of allylic oxidation sites excluding steroid dienone is 2. The molecule has 0 amide bonds. The Morgan fingerprint density at radius 2 is 2.08 bits per heavy atom. The van der Waals surface area contributed by atoms with E-state index in [0.29, 0.717) is 29.8 Å². The first kappa shape index (κ1) is 18.7. The van der Waals surface area contributed by atoms with Gasteiger partial charge >= 0.3 is 5.97 Å². The highest BCUT2D eigenvalue weighted by Gasteiger charge is 2.52. The van der Waals surface area contributed by atoms with Crippen LogP contribution in [0.2, 0.25) is 0 Å². The van der Waals surface area contributed by atoms with Gasteiger partial charge in [-0.05, 0) is 61.7 Å². The van der Waals surface area contributed by atoms with E-state index in [0.717, 1.165) is 24.3 Å². The van der Waals surface area contributed by atoms with Crippen molar-refractivity contribution in [1.29, 1.82) is 0 Å². The molecular weight excluding hydrogens is 312 g/mol. The molecule has 2 aliphatic carbocycles. The van der Waals surface area contributed by atoms with Crippen molar-refractivity contribution in [2.45, 2.75) is 78.9 Å². The molecule has 4 atom stereocenters. The lowest BCUT2D eigenvalue weighted by atomic mass is 9.47. The molecule has 25 heavy (non-hydrogen) atoms. The Morgan fingerprint density at radius 3 is 2.80 bits per heavy atom. The van der Waals surface area contributed by atoms with Crippen LogP contribution < -0.4 is 0 Å². The number of esters is 1. The molecule has 1 aliphatic heterocycles. The van der Waals surface area contributed by atoms with Gasteiger partial charge in [0.05, 0.1) is 0 Å². The monoisotopic (exact) mass is 346 g/mol. The lowest BCUT2D eigenvalue weighted by Crippen LogP contribution is -2.49. The number of hydrogen-bond donors (Lipinski definition) is 0. The van der Waals surface area contributed by atoms with Crippen LogP contribution in [0.3, 0.4) is 0 Å². The van der Waals surface area contributed by atoms with E-state index >= 15 is 0 Å². The van der Waals surface area contributed by atoms with E-state index in [1.807, 2.05) is 6.92 Å². The molecule has 140 valence electrons. The summed E-state index contributed by atoms with van der Waals surface area (Å²) in [5, 5.41) is 0. The van der Waals surface area contributed by atoms with E-state index in [1.54, 1.807) is 0 Å². The van der Waals surface area contributed by atoms with E-state index < -0.39 is 6.29 Å². The summed E-state index contributed by atoms with van der Waals surface area (Å²) in [6.45, 7) is 14.3. The SMILES string of the molecule is C=C1CC[C@H]2C(C)(C)CCC[C@]2(C)[C@H]1C/C=C1\C[C@H](OCC)OC1=O. The number of carbonyl (C=O) groups excluding carboxylic acids is 1. The maximum Gasteiger partial charge on any atom is 0.336 e. The third-order valence-corrected chi connectivity index (χ3v) is 7.16. The fourth-order valence-corrected chi connectivity index (χ4v) is 5.91. The standard InChI is InChI=1S/C22H34O3/c1-6-24-19-14-16(20(23)25-19)9-10-17-15(2)8-11-18-21(3,4)12-7-13-22(17,18)5/h9,17-19H,2,6-8,10-14H2,1,3-5H3/b16-9+/t17-,18-,19+,22+/m0/s1. The molecule has 2 saturated carbocycles. The summed E-state index contributed by atoms with van der Waals surface area (Å²) in [5.41, 5.74) is 2.87. The van der Waals surface area contributed by atoms with Crippen LogP contribution in [0.4, 0.5) is 0 Å². The van der Waals surface area contributed by atoms with Gasteiger partial charge in [0, 0.05) is 18.6 Å². The van der Waals surface area contributed by atoms with Crippen molar-refractivity contribution < 1.29 is 14.3 Å². The molecule has 0 bridgehead atoms. The van der Waals surface area contributed by atoms with Crippen molar-refractivity contribution in [2.75, 3.05) is 6.61 Å². The Hall–Kier alpha value is -1.09. The van der Waals surface area contributed by atoms with Crippen molar-refractivity contribution >= 4 is 5.97 Å². The minimum absolute atomic E-state index is 0.203. The third kappa shape index (κ3) is 3.45. The molecule has 3 nitrogen and oxygen atoms in total. The van der Waals surface area contributed by atoms with Gasteiger partial charge in [-0.3, -0.25) is 0 Å². The Bertz CT molecular complexity index is 574. The lowest BCUT2D eigenvalue weighted by molar-refractivity contribution is -0.160. The van der Waals surface area contributed by atoms with Gasteiger partial charge in [0.15, 0.2) is 0 Å². The van der Waals surface area contributed by atoms with Gasteiger partial charge in [0.2, 0.25) is 6.29 Å². The van der Waals surface area contributed by atoms with Gasteiger partial charge in [-0.15, -0.1) is 0 Å². The molecule has 0 spiro atoms. The van der Waals surface area contributed by atoms with Crippen LogP contribution in [0.1, 0.15) is 72.6 Å². The summed E-state index contributed by atoms with van der Waals surface area (Å²) in [4.78, 5) is 12.1. The Morgan fingerprint density at radius 1 is 1.32 bits per heavy atom. The van der Waals surface area contributed by atoms with Gasteiger partial charge in [-0.1, -0.05) is 45.4 Å². The fraction of sp³-hybridized carbons (Fsp3) is 0.773. The summed E-state index contributed by atoms with van der Waals surface area (Å²) >= 11 is 0. The molecule has 3 aliphatic rings. The molecule has 0 aromatic heterocycles. The van der Waals surface area contributed by atoms with Crippen LogP contribution in [-0.4, -0.2) is 18.9 Å². The number of hydrogen-bond acceptors (Lipinski definition) is 3. The van der Waals surface area contributed by atoms with E-state index in [9.17, 15) is 4.79 Å². The number of fused-ring (bicyclic) bond motifs is 1. The maximum absolute atomic E-state index is 12.1. The molecule has 3 fully saturated rings. The topological polar surface area (TPSA) is 35.5 Å². The average molecular weight is 347 g/mol. The zero-order chi connectivity index (χ0) is 18.2. The largest absolute Gasteiger partial charge is 0.432 e. The zero-order valence-electron chi connectivity index (χ0n) is 16.4. The molecule has 0 unspecified atom stereocenters. The van der Waals surface area contributed by atoms with E-state index in [-0.39, 0.29) is 5.97 Å². The molecule has 0 N–H and O–H groups in total. The van der Waals surface area contributed by atoms with Crippen LogP contribution >= 0.6 is 0 Å². The average Bonchev–Trinajstić information content (AvgIpc) is 2.86. The second kappa shape index (κ2) is 6.90. The van der Waals surface area contributed by atoms with Crippen molar-refractivity contribution in [3.63, 3.8) is 0 Å². The van der Waals surface area contributed by atoms with Crippen LogP contribution in [0.15, 0.2) is 23.8 Å². The number of ether oxygens (including phenoxy) is 2. The number of carbonyl (C=O) groups is 1. The maximum atomic E-state index is 12.1. The summed E-state index contributed by atoms with van der Waals surface area (Å²) in [6, 6.07) is 0. The second-order valence-electron chi connectivity index (χ2n) is 9.11. The normalized spacial score (nSPS) is 39.4. The van der Waals surface area contributed by atoms with E-state index in [4.69, 9.17) is 9.47 Å². The number of rotatable bonds is 4. The molecule has 0 aromatic rings. The first-order chi connectivity index (χ1) is 11.8. The van der Waals surface area contributed by atoms with Crippen LogP contribution in [-0.2, 0) is 14.3 Å². The minimum Gasteiger partial charge on any atom is -0.432 e. The summed E-state index contributed by atoms with van der Waals surface area (Å²) in [5.74, 6) is 1.01. The summed E-state index contributed by atoms with van der Waals surface area (Å²) in [7, 11) is 0. The molecular formula is C22H34O3. The molecule has 3 heteroatoms. The Labute approximate surface area is 152 Å². The molecule has 3 rings (SSSR count). The van der Waals surface area contributed by atoms with Gasteiger partial charge in [0.25, 0.3) is 0 Å². The van der Waals surface area contributed by atoms with Gasteiger partial charge in [-0.2, -0.15) is 0 Å². The smallest absolute Gasteiger partial charge is 0.336 e. The van der Waals surface area contributed by atoms with Crippen molar-refractivity contribution in [2.24, 2.45) is 22.7 Å². The number of cyclic esters (lactones) is 1. The Balaban J connectivity index is 1.77. The van der Waals surface area contributed by atoms with E-state index in [2.05, 4.69) is 33.4 Å². The highest BCUT2D eigenvalue weighted by molar-refractivity contribution is 5.90. The Kier molecular flexibility index (Phi) is 5.16. The van der Waals surface area contributed by atoms with Gasteiger partial charge in [0.1, 0.15) is 0 Å². The summed E-state index contributed by atoms with van der Waals surface area (Å²) in [6.07, 6.45) is 9.52. The van der Waals surface area contributed by atoms with Crippen LogP contribution in [0.5, 0.6) is 0 Å². The molecule has 0 radical (unpaired) electrons. The van der Waals surface area contributed by atoms with Crippen molar-refractivity contribution in [1.82, 2.24) is 0 Å². The third-order valence-electron chi connectivity index (χ3n) is 7.16. The zero-order valence-corrected chi connectivity index (χ0v) is 16.4. The first-order valence-electron chi connectivity index (χ1n) is 9.97.